The lowest BCUT2D eigenvalue weighted by Crippen LogP contribution is -2.20. The molecule has 3 aromatic carbocycles. The largest absolute Gasteiger partial charge is 0.494 e. The fourth-order valence-corrected chi connectivity index (χ4v) is 2.89. The van der Waals surface area contributed by atoms with E-state index < -0.39 is 6.03 Å². The number of hydrogen-bond donors (Lipinski definition) is 3. The number of aryl methyl sites for hydroxylation is 1. The Labute approximate surface area is 173 Å². The molecular weight excluding hydrogens is 390 g/mol. The molecule has 0 aliphatic heterocycles. The van der Waals surface area contributed by atoms with Gasteiger partial charge in [-0.25, -0.2) is 4.79 Å². The molecular formula is C22H20ClN3O3. The molecule has 148 valence electrons. The summed E-state index contributed by atoms with van der Waals surface area (Å²) in [6.45, 7) is 1.83. The molecule has 3 aromatic rings. The molecule has 3 amide bonds. The van der Waals surface area contributed by atoms with Crippen LogP contribution in [-0.4, -0.2) is 19.0 Å². The Bertz CT molecular complexity index is 1040. The number of rotatable bonds is 5. The van der Waals surface area contributed by atoms with Gasteiger partial charge in [-0.05, 0) is 42.8 Å². The summed E-state index contributed by atoms with van der Waals surface area (Å²) in [5.74, 6) is 0.182. The predicted octanol–water partition coefficient (Wildman–Crippen LogP) is 5.55. The van der Waals surface area contributed by atoms with E-state index in [9.17, 15) is 9.59 Å². The van der Waals surface area contributed by atoms with Crippen LogP contribution in [0.25, 0.3) is 0 Å². The minimum atomic E-state index is -0.461. The number of hydrogen-bond acceptors (Lipinski definition) is 3. The summed E-state index contributed by atoms with van der Waals surface area (Å²) in [7, 11) is 1.49. The summed E-state index contributed by atoms with van der Waals surface area (Å²) in [4.78, 5) is 24.8. The Morgan fingerprint density at radius 2 is 1.48 bits per heavy atom. The Morgan fingerprint density at radius 3 is 2.17 bits per heavy atom. The Kier molecular flexibility index (Phi) is 6.36. The van der Waals surface area contributed by atoms with Crippen molar-refractivity contribution in [2.75, 3.05) is 23.1 Å². The van der Waals surface area contributed by atoms with Crippen molar-refractivity contribution in [3.05, 3.63) is 82.9 Å². The fourth-order valence-electron chi connectivity index (χ4n) is 2.71. The molecule has 0 atom stereocenters. The highest BCUT2D eigenvalue weighted by Gasteiger charge is 2.14. The van der Waals surface area contributed by atoms with Gasteiger partial charge in [0.2, 0.25) is 0 Å². The zero-order valence-corrected chi connectivity index (χ0v) is 16.7. The topological polar surface area (TPSA) is 79.5 Å². The van der Waals surface area contributed by atoms with E-state index in [-0.39, 0.29) is 5.91 Å². The molecule has 0 bridgehead atoms. The number of methoxy groups -OCH3 is 1. The summed E-state index contributed by atoms with van der Waals surface area (Å²) in [6, 6.07) is 18.8. The van der Waals surface area contributed by atoms with Crippen molar-refractivity contribution >= 4 is 40.6 Å². The predicted molar refractivity (Wildman–Crippen MR) is 116 cm³/mol. The molecule has 7 heteroatoms. The first-order valence-corrected chi connectivity index (χ1v) is 9.23. The number of nitrogens with one attached hydrogen (secondary N) is 3. The fraction of sp³-hybridized carbons (Fsp3) is 0.0909. The second-order valence-electron chi connectivity index (χ2n) is 6.25. The van der Waals surface area contributed by atoms with Gasteiger partial charge in [-0.15, -0.1) is 0 Å². The van der Waals surface area contributed by atoms with Crippen molar-refractivity contribution in [3.8, 4) is 5.75 Å². The number of halogens is 1. The van der Waals surface area contributed by atoms with Crippen LogP contribution in [0.1, 0.15) is 15.9 Å². The van der Waals surface area contributed by atoms with Gasteiger partial charge in [0.1, 0.15) is 5.75 Å². The summed E-state index contributed by atoms with van der Waals surface area (Å²) in [5.41, 5.74) is 2.87. The molecule has 3 N–H and O–H groups in total. The quantitative estimate of drug-likeness (QED) is 0.516. The molecule has 0 saturated heterocycles. The van der Waals surface area contributed by atoms with E-state index in [1.54, 1.807) is 60.7 Å². The van der Waals surface area contributed by atoms with Gasteiger partial charge in [0.05, 0.1) is 23.5 Å². The van der Waals surface area contributed by atoms with E-state index in [0.717, 1.165) is 5.56 Å². The van der Waals surface area contributed by atoms with E-state index in [0.29, 0.717) is 33.4 Å². The molecule has 0 aromatic heterocycles. The molecule has 3 rings (SSSR count). The van der Waals surface area contributed by atoms with Crippen molar-refractivity contribution in [2.24, 2.45) is 0 Å². The van der Waals surface area contributed by atoms with Gasteiger partial charge in [0, 0.05) is 17.3 Å². The van der Waals surface area contributed by atoms with Gasteiger partial charge in [0.15, 0.2) is 0 Å². The van der Waals surface area contributed by atoms with E-state index in [1.807, 2.05) is 13.0 Å². The van der Waals surface area contributed by atoms with Gasteiger partial charge in [-0.2, -0.15) is 0 Å². The molecule has 0 unspecified atom stereocenters. The highest BCUT2D eigenvalue weighted by Crippen LogP contribution is 2.32. The average Bonchev–Trinajstić information content (AvgIpc) is 2.72. The van der Waals surface area contributed by atoms with Crippen LogP contribution >= 0.6 is 11.6 Å². The van der Waals surface area contributed by atoms with Crippen LogP contribution in [0.5, 0.6) is 5.75 Å². The molecule has 6 nitrogen and oxygen atoms in total. The van der Waals surface area contributed by atoms with Gasteiger partial charge in [0.25, 0.3) is 5.91 Å². The summed E-state index contributed by atoms with van der Waals surface area (Å²) in [6.07, 6.45) is 0. The maximum Gasteiger partial charge on any atom is 0.323 e. The minimum Gasteiger partial charge on any atom is -0.494 e. The van der Waals surface area contributed by atoms with Crippen molar-refractivity contribution in [1.29, 1.82) is 0 Å². The van der Waals surface area contributed by atoms with Gasteiger partial charge in [-0.1, -0.05) is 41.9 Å². The van der Waals surface area contributed by atoms with Crippen molar-refractivity contribution in [2.45, 2.75) is 6.92 Å². The lowest BCUT2D eigenvalue weighted by molar-refractivity contribution is 0.102. The number of para-hydroxylation sites is 1. The average molecular weight is 410 g/mol. The molecule has 0 saturated carbocycles. The number of carbonyl (C=O) groups excluding carboxylic acids is 2. The van der Waals surface area contributed by atoms with Gasteiger partial charge >= 0.3 is 6.03 Å². The van der Waals surface area contributed by atoms with Crippen LogP contribution in [0.2, 0.25) is 5.02 Å². The first-order valence-electron chi connectivity index (χ1n) is 8.85. The Morgan fingerprint density at radius 1 is 0.828 bits per heavy atom. The third-order valence-corrected chi connectivity index (χ3v) is 4.53. The van der Waals surface area contributed by atoms with Gasteiger partial charge < -0.3 is 20.7 Å². The number of anilines is 3. The lowest BCUT2D eigenvalue weighted by atomic mass is 10.1. The monoisotopic (exact) mass is 409 g/mol. The van der Waals surface area contributed by atoms with Crippen LogP contribution in [0, 0.1) is 6.92 Å². The zero-order valence-electron chi connectivity index (χ0n) is 16.0. The van der Waals surface area contributed by atoms with E-state index in [2.05, 4.69) is 16.0 Å². The van der Waals surface area contributed by atoms with Crippen LogP contribution in [0.3, 0.4) is 0 Å². The molecule has 29 heavy (non-hydrogen) atoms. The third-order valence-electron chi connectivity index (χ3n) is 4.20. The molecule has 0 heterocycles. The standard InChI is InChI=1S/C22H20ClN3O3/c1-14-12-19(26-22(28)25-17-11-7-6-10-16(17)23)20(29-2)13-18(14)24-21(27)15-8-4-3-5-9-15/h3-13H,1-2H3,(H,24,27)(H2,25,26,28). The van der Waals surface area contributed by atoms with E-state index >= 15 is 0 Å². The van der Waals surface area contributed by atoms with Crippen LogP contribution in [-0.2, 0) is 0 Å². The van der Waals surface area contributed by atoms with Crippen LogP contribution < -0.4 is 20.7 Å². The highest BCUT2D eigenvalue weighted by atomic mass is 35.5. The third kappa shape index (κ3) is 5.06. The Hall–Kier alpha value is -3.51. The van der Waals surface area contributed by atoms with Crippen LogP contribution in [0.4, 0.5) is 21.9 Å². The molecule has 0 radical (unpaired) electrons. The molecule has 0 aliphatic rings. The number of amides is 3. The molecule has 0 aliphatic carbocycles. The number of benzene rings is 3. The maximum atomic E-state index is 12.4. The summed E-state index contributed by atoms with van der Waals surface area (Å²) < 4.78 is 5.38. The normalized spacial score (nSPS) is 10.2. The zero-order chi connectivity index (χ0) is 20.8. The SMILES string of the molecule is COc1cc(NC(=O)c2ccccc2)c(C)cc1NC(=O)Nc1ccccc1Cl. The summed E-state index contributed by atoms with van der Waals surface area (Å²) >= 11 is 6.07. The van der Waals surface area contributed by atoms with Crippen molar-refractivity contribution < 1.29 is 14.3 Å². The maximum absolute atomic E-state index is 12.4. The first kappa shape index (κ1) is 20.2. The van der Waals surface area contributed by atoms with Gasteiger partial charge in [-0.3, -0.25) is 4.79 Å². The number of carbonyl (C=O) groups is 2. The lowest BCUT2D eigenvalue weighted by Gasteiger charge is -2.16. The minimum absolute atomic E-state index is 0.229. The first-order chi connectivity index (χ1) is 14.0. The number of ether oxygens (including phenoxy) is 1. The second-order valence-corrected chi connectivity index (χ2v) is 6.65. The van der Waals surface area contributed by atoms with Crippen molar-refractivity contribution in [3.63, 3.8) is 0 Å². The van der Waals surface area contributed by atoms with Crippen molar-refractivity contribution in [1.82, 2.24) is 0 Å². The Balaban J connectivity index is 1.77. The molecule has 0 fully saturated rings. The number of urea groups is 1. The van der Waals surface area contributed by atoms with Crippen LogP contribution in [0.15, 0.2) is 66.7 Å². The molecule has 0 spiro atoms. The highest BCUT2D eigenvalue weighted by molar-refractivity contribution is 6.33. The second kappa shape index (κ2) is 9.12. The van der Waals surface area contributed by atoms with E-state index in [1.165, 1.54) is 7.11 Å². The summed E-state index contributed by atoms with van der Waals surface area (Å²) in [5, 5.41) is 8.73. The smallest absolute Gasteiger partial charge is 0.323 e. The van der Waals surface area contributed by atoms with E-state index in [4.69, 9.17) is 16.3 Å².